The number of hydrogen-bond donors (Lipinski definition) is 1. The van der Waals surface area contributed by atoms with E-state index in [0.717, 1.165) is 6.07 Å². The summed E-state index contributed by atoms with van der Waals surface area (Å²) in [5, 5.41) is 8.71. The van der Waals surface area contributed by atoms with Crippen LogP contribution in [0, 0.1) is 0 Å². The fourth-order valence-electron chi connectivity index (χ4n) is 2.40. The van der Waals surface area contributed by atoms with E-state index in [9.17, 15) is 18.0 Å². The first-order valence-electron chi connectivity index (χ1n) is 6.67. The minimum absolute atomic E-state index is 0.0113. The average Bonchev–Trinajstić information content (AvgIpc) is 2.40. The molecule has 21 heavy (non-hydrogen) atoms. The molecule has 1 fully saturated rings. The second-order valence-electron chi connectivity index (χ2n) is 5.14. The molecule has 1 aromatic rings. The Hall–Kier alpha value is -1.60. The third kappa shape index (κ3) is 4.71. The minimum atomic E-state index is -4.32. The molecule has 0 aromatic heterocycles. The fourth-order valence-corrected chi connectivity index (χ4v) is 2.40. The van der Waals surface area contributed by atoms with Crippen molar-refractivity contribution < 1.29 is 23.1 Å². The fraction of sp³-hybridized carbons (Fsp3) is 0.500. The van der Waals surface area contributed by atoms with E-state index >= 15 is 0 Å². The molecule has 1 aliphatic rings. The lowest BCUT2D eigenvalue weighted by molar-refractivity contribution is -0.139. The predicted molar refractivity (Wildman–Crippen MR) is 70.8 cm³/mol. The summed E-state index contributed by atoms with van der Waals surface area (Å²) < 4.78 is 37.9. The molecule has 1 aliphatic heterocycles. The second kappa shape index (κ2) is 6.44. The van der Waals surface area contributed by atoms with Crippen LogP contribution >= 0.6 is 0 Å². The van der Waals surface area contributed by atoms with E-state index in [2.05, 4.69) is 0 Å². The molecular formula is C14H17F3N2O2. The number of alkyl halides is 3. The maximum absolute atomic E-state index is 12.6. The number of carbonyl (C=O) groups is 1. The van der Waals surface area contributed by atoms with Gasteiger partial charge in [0.1, 0.15) is 0 Å². The van der Waals surface area contributed by atoms with E-state index < -0.39 is 17.7 Å². The quantitative estimate of drug-likeness (QED) is 0.923. The number of benzene rings is 1. The number of nitrogens with zero attached hydrogens (tertiary/aromatic N) is 2. The number of carboxylic acids is 1. The van der Waals surface area contributed by atoms with E-state index in [1.165, 1.54) is 12.1 Å². The van der Waals surface area contributed by atoms with Gasteiger partial charge < -0.3 is 5.11 Å². The summed E-state index contributed by atoms with van der Waals surface area (Å²) in [5.41, 5.74) is -0.0129. The van der Waals surface area contributed by atoms with Crippen molar-refractivity contribution in [2.45, 2.75) is 12.7 Å². The highest BCUT2D eigenvalue weighted by Crippen LogP contribution is 2.29. The maximum atomic E-state index is 12.6. The zero-order chi connectivity index (χ0) is 15.5. The Morgan fingerprint density at radius 1 is 1.14 bits per heavy atom. The Labute approximate surface area is 120 Å². The van der Waals surface area contributed by atoms with Crippen molar-refractivity contribution >= 4 is 5.97 Å². The van der Waals surface area contributed by atoms with Crippen LogP contribution in [-0.4, -0.2) is 53.6 Å². The van der Waals surface area contributed by atoms with Gasteiger partial charge in [-0.15, -0.1) is 0 Å². The van der Waals surface area contributed by atoms with Crippen molar-refractivity contribution in [3.8, 4) is 0 Å². The van der Waals surface area contributed by atoms with Crippen LogP contribution in [0.5, 0.6) is 0 Å². The number of hydrogen-bond acceptors (Lipinski definition) is 3. The van der Waals surface area contributed by atoms with Gasteiger partial charge in [0.05, 0.1) is 12.1 Å². The molecule has 1 heterocycles. The van der Waals surface area contributed by atoms with Gasteiger partial charge in [-0.3, -0.25) is 14.6 Å². The van der Waals surface area contributed by atoms with Gasteiger partial charge in [-0.2, -0.15) is 13.2 Å². The standard InChI is InChI=1S/C14H17F3N2O2/c15-14(16,17)12-3-1-2-11(8-12)9-18-4-6-19(7-5-18)10-13(20)21/h1-3,8H,4-7,9-10H2,(H,20,21). The molecule has 0 amide bonds. The first-order valence-corrected chi connectivity index (χ1v) is 6.67. The number of aliphatic carboxylic acids is 1. The molecule has 4 nitrogen and oxygen atoms in total. The van der Waals surface area contributed by atoms with Crippen LogP contribution in [0.2, 0.25) is 0 Å². The van der Waals surface area contributed by atoms with Crippen LogP contribution < -0.4 is 0 Å². The Morgan fingerprint density at radius 2 is 1.76 bits per heavy atom. The highest BCUT2D eigenvalue weighted by atomic mass is 19.4. The predicted octanol–water partition coefficient (Wildman–Crippen LogP) is 1.91. The first kappa shape index (κ1) is 15.8. The Kier molecular flexibility index (Phi) is 4.84. The van der Waals surface area contributed by atoms with Crippen LogP contribution in [0.1, 0.15) is 11.1 Å². The molecular weight excluding hydrogens is 285 g/mol. The number of rotatable bonds is 4. The molecule has 0 bridgehead atoms. The van der Waals surface area contributed by atoms with Gasteiger partial charge in [0.15, 0.2) is 0 Å². The van der Waals surface area contributed by atoms with Crippen molar-refractivity contribution in [2.24, 2.45) is 0 Å². The molecule has 2 rings (SSSR count). The van der Waals surface area contributed by atoms with E-state index in [4.69, 9.17) is 5.11 Å². The Morgan fingerprint density at radius 3 is 2.33 bits per heavy atom. The largest absolute Gasteiger partial charge is 0.480 e. The van der Waals surface area contributed by atoms with Gasteiger partial charge in [0.2, 0.25) is 0 Å². The summed E-state index contributed by atoms with van der Waals surface area (Å²) in [5.74, 6) is -0.860. The summed E-state index contributed by atoms with van der Waals surface area (Å²) in [7, 11) is 0. The molecule has 1 saturated heterocycles. The lowest BCUT2D eigenvalue weighted by Gasteiger charge is -2.33. The third-order valence-corrected chi connectivity index (χ3v) is 3.48. The van der Waals surface area contributed by atoms with Crippen molar-refractivity contribution in [3.05, 3.63) is 35.4 Å². The van der Waals surface area contributed by atoms with E-state index in [-0.39, 0.29) is 6.54 Å². The molecule has 0 saturated carbocycles. The summed E-state index contributed by atoms with van der Waals surface area (Å²) in [6.07, 6.45) is -4.32. The van der Waals surface area contributed by atoms with E-state index in [1.807, 2.05) is 9.80 Å². The highest BCUT2D eigenvalue weighted by molar-refractivity contribution is 5.69. The minimum Gasteiger partial charge on any atom is -0.480 e. The van der Waals surface area contributed by atoms with Crippen LogP contribution in [0.3, 0.4) is 0 Å². The van der Waals surface area contributed by atoms with Crippen molar-refractivity contribution in [1.82, 2.24) is 9.80 Å². The zero-order valence-electron chi connectivity index (χ0n) is 11.4. The normalized spacial score (nSPS) is 17.9. The van der Waals surface area contributed by atoms with Crippen LogP contribution in [-0.2, 0) is 17.5 Å². The van der Waals surface area contributed by atoms with Gasteiger partial charge in [-0.05, 0) is 11.6 Å². The molecule has 0 unspecified atom stereocenters. The SMILES string of the molecule is O=C(O)CN1CCN(Cc2cccc(C(F)(F)F)c2)CC1. The molecule has 0 aliphatic carbocycles. The third-order valence-electron chi connectivity index (χ3n) is 3.48. The van der Waals surface area contributed by atoms with Crippen molar-refractivity contribution in [1.29, 1.82) is 0 Å². The maximum Gasteiger partial charge on any atom is 0.416 e. The average molecular weight is 302 g/mol. The smallest absolute Gasteiger partial charge is 0.416 e. The van der Waals surface area contributed by atoms with Gasteiger partial charge >= 0.3 is 12.1 Å². The molecule has 1 N–H and O–H groups in total. The van der Waals surface area contributed by atoms with Crippen LogP contribution in [0.4, 0.5) is 13.2 Å². The van der Waals surface area contributed by atoms with Crippen LogP contribution in [0.25, 0.3) is 0 Å². The lowest BCUT2D eigenvalue weighted by atomic mass is 10.1. The molecule has 0 atom stereocenters. The van der Waals surface area contributed by atoms with Gasteiger partial charge in [-0.1, -0.05) is 18.2 Å². The Balaban J connectivity index is 1.90. The summed E-state index contributed by atoms with van der Waals surface area (Å²) in [4.78, 5) is 14.5. The summed E-state index contributed by atoms with van der Waals surface area (Å²) >= 11 is 0. The highest BCUT2D eigenvalue weighted by Gasteiger charge is 2.30. The number of piperazine rings is 1. The Bertz CT molecular complexity index is 497. The monoisotopic (exact) mass is 302 g/mol. The van der Waals surface area contributed by atoms with Crippen molar-refractivity contribution in [2.75, 3.05) is 32.7 Å². The molecule has 7 heteroatoms. The summed E-state index contributed by atoms with van der Waals surface area (Å²) in [6, 6.07) is 5.33. The first-order chi connectivity index (χ1) is 9.84. The second-order valence-corrected chi connectivity index (χ2v) is 5.14. The number of carboxylic acid groups (broad SMARTS) is 1. The zero-order valence-corrected chi connectivity index (χ0v) is 11.4. The number of halogens is 3. The summed E-state index contributed by atoms with van der Waals surface area (Å²) in [6.45, 7) is 3.01. The van der Waals surface area contributed by atoms with Crippen LogP contribution in [0.15, 0.2) is 24.3 Å². The molecule has 116 valence electrons. The van der Waals surface area contributed by atoms with E-state index in [1.54, 1.807) is 6.07 Å². The van der Waals surface area contributed by atoms with Gasteiger partial charge in [-0.25, -0.2) is 0 Å². The van der Waals surface area contributed by atoms with Gasteiger partial charge in [0, 0.05) is 32.7 Å². The van der Waals surface area contributed by atoms with E-state index in [0.29, 0.717) is 38.3 Å². The molecule has 0 spiro atoms. The topological polar surface area (TPSA) is 43.8 Å². The molecule has 0 radical (unpaired) electrons. The van der Waals surface area contributed by atoms with Gasteiger partial charge in [0.25, 0.3) is 0 Å². The van der Waals surface area contributed by atoms with Crippen molar-refractivity contribution in [3.63, 3.8) is 0 Å². The molecule has 1 aromatic carbocycles. The lowest BCUT2D eigenvalue weighted by Crippen LogP contribution is -2.47.